The van der Waals surface area contributed by atoms with Crippen molar-refractivity contribution < 1.29 is 0 Å². The van der Waals surface area contributed by atoms with E-state index < -0.39 is 0 Å². The van der Waals surface area contributed by atoms with E-state index in [0.717, 1.165) is 56.4 Å². The third kappa shape index (κ3) is 7.66. The van der Waals surface area contributed by atoms with Gasteiger partial charge in [-0.25, -0.2) is 15.0 Å². The van der Waals surface area contributed by atoms with Crippen LogP contribution in [0.3, 0.4) is 0 Å². The van der Waals surface area contributed by atoms with Crippen molar-refractivity contribution in [3.63, 3.8) is 0 Å². The highest BCUT2D eigenvalue weighted by Crippen LogP contribution is 2.48. The minimum atomic E-state index is -0.172. The van der Waals surface area contributed by atoms with Gasteiger partial charge >= 0.3 is 0 Å². The summed E-state index contributed by atoms with van der Waals surface area (Å²) in [7, 11) is 0. The van der Waals surface area contributed by atoms with Gasteiger partial charge in [0.25, 0.3) is 6.71 Å². The number of aromatic nitrogens is 7. The van der Waals surface area contributed by atoms with E-state index in [4.69, 9.17) is 24.9 Å². The molecular formula is C79H62BN7. The molecule has 0 atom stereocenters. The molecule has 0 amide bonds. The summed E-state index contributed by atoms with van der Waals surface area (Å²) in [6.45, 7) is 22.1. The van der Waals surface area contributed by atoms with E-state index in [-0.39, 0.29) is 17.5 Å². The smallest absolute Gasteiger partial charge is 0.252 e. The Balaban J connectivity index is 1.08. The Kier molecular flexibility index (Phi) is 10.8. The van der Waals surface area contributed by atoms with Gasteiger partial charge in [0, 0.05) is 88.8 Å². The fraction of sp³-hybridized carbons (Fsp3) is 0.152. The molecule has 2 aliphatic rings. The SMILES string of the molecule is Cc1cc(-c2nc(-c3cc(C)nc(C)c3)nc(-c3cc4c5c(c3)-n3c6ccc7c8ccccc8c8ccccc8c7c6c6cc(-c7ccccc7-c7ccccc7)cc(c63)B5c3cc(C(C)(C)C)cc5c6cc(C(C)(C)C)ccc6n-4c35)n2)cc(C)n1. The van der Waals surface area contributed by atoms with Crippen LogP contribution in [0.2, 0.25) is 0 Å². The first-order valence-electron chi connectivity index (χ1n) is 30.5. The number of aryl methyl sites for hydroxylation is 4. The van der Waals surface area contributed by atoms with Crippen LogP contribution >= 0.6 is 0 Å². The van der Waals surface area contributed by atoms with Gasteiger partial charge in [0.15, 0.2) is 17.5 Å². The zero-order chi connectivity index (χ0) is 59.1. The molecule has 0 saturated heterocycles. The van der Waals surface area contributed by atoms with E-state index in [9.17, 15) is 0 Å². The largest absolute Gasteiger partial charge is 0.310 e. The number of hydrogen-bond donors (Lipinski definition) is 0. The molecule has 8 heteroatoms. The van der Waals surface area contributed by atoms with Crippen molar-refractivity contribution in [3.8, 4) is 67.8 Å². The number of benzene rings is 10. The van der Waals surface area contributed by atoms with E-state index in [1.54, 1.807) is 0 Å². The van der Waals surface area contributed by atoms with Crippen molar-refractivity contribution in [1.82, 2.24) is 34.1 Å². The van der Waals surface area contributed by atoms with Crippen molar-refractivity contribution in [3.05, 3.63) is 228 Å². The maximum absolute atomic E-state index is 5.55. The first kappa shape index (κ1) is 51.4. The van der Waals surface area contributed by atoms with Gasteiger partial charge in [-0.05, 0) is 182 Å². The zero-order valence-corrected chi connectivity index (χ0v) is 50.7. The highest BCUT2D eigenvalue weighted by molar-refractivity contribution is 7.00. The van der Waals surface area contributed by atoms with Crippen molar-refractivity contribution in [1.29, 1.82) is 0 Å². The highest BCUT2D eigenvalue weighted by atomic mass is 15.1. The molecule has 7 nitrogen and oxygen atoms in total. The molecule has 0 unspecified atom stereocenters. The number of fused-ring (bicyclic) bond motifs is 17. The number of pyridine rings is 2. The lowest BCUT2D eigenvalue weighted by Gasteiger charge is -2.35. The maximum Gasteiger partial charge on any atom is 0.252 e. The lowest BCUT2D eigenvalue weighted by Crippen LogP contribution is -2.59. The third-order valence-corrected chi connectivity index (χ3v) is 18.8. The third-order valence-electron chi connectivity index (χ3n) is 18.8. The fourth-order valence-electron chi connectivity index (χ4n) is 15.0. The van der Waals surface area contributed by atoms with Gasteiger partial charge in [0.2, 0.25) is 0 Å². The van der Waals surface area contributed by atoms with Crippen LogP contribution in [0.25, 0.3) is 144 Å². The van der Waals surface area contributed by atoms with Crippen molar-refractivity contribution in [2.24, 2.45) is 0 Å². The molecule has 0 N–H and O–H groups in total. The monoisotopic (exact) mass is 1120 g/mol. The Morgan fingerprint density at radius 2 is 0.782 bits per heavy atom. The minimum absolute atomic E-state index is 0.0721. The summed E-state index contributed by atoms with van der Waals surface area (Å²) in [5, 5.41) is 12.5. The molecule has 15 aromatic rings. The fourth-order valence-corrected chi connectivity index (χ4v) is 15.0. The van der Waals surface area contributed by atoms with Crippen LogP contribution < -0.4 is 16.4 Å². The summed E-state index contributed by atoms with van der Waals surface area (Å²) in [5.41, 5.74) is 24.4. The maximum atomic E-state index is 5.55. The van der Waals surface area contributed by atoms with E-state index in [2.05, 4.69) is 245 Å². The second-order valence-electron chi connectivity index (χ2n) is 26.7. The molecule has 0 aliphatic carbocycles. The molecule has 0 radical (unpaired) electrons. The first-order valence-corrected chi connectivity index (χ1v) is 30.5. The summed E-state index contributed by atoms with van der Waals surface area (Å²) >= 11 is 0. The van der Waals surface area contributed by atoms with Gasteiger partial charge in [-0.3, -0.25) is 9.97 Å². The van der Waals surface area contributed by atoms with Crippen LogP contribution in [0.1, 0.15) is 75.4 Å². The molecule has 0 fully saturated rings. The first-order chi connectivity index (χ1) is 42.0. The van der Waals surface area contributed by atoms with E-state index >= 15 is 0 Å². The average Bonchev–Trinajstić information content (AvgIpc) is 1.56. The molecule has 0 saturated carbocycles. The Labute approximate surface area is 506 Å². The van der Waals surface area contributed by atoms with Crippen LogP contribution in [-0.4, -0.2) is 40.8 Å². The van der Waals surface area contributed by atoms with Crippen LogP contribution in [0.4, 0.5) is 0 Å². The van der Waals surface area contributed by atoms with E-state index in [1.165, 1.54) is 120 Å². The number of hydrogen-bond acceptors (Lipinski definition) is 5. The Morgan fingerprint density at radius 1 is 0.322 bits per heavy atom. The van der Waals surface area contributed by atoms with E-state index in [0.29, 0.717) is 17.5 Å². The van der Waals surface area contributed by atoms with Crippen molar-refractivity contribution in [2.45, 2.75) is 80.1 Å². The van der Waals surface area contributed by atoms with Gasteiger partial charge < -0.3 is 9.13 Å². The molecule has 5 aromatic heterocycles. The number of rotatable bonds is 5. The summed E-state index contributed by atoms with van der Waals surface area (Å²) in [6, 6.07) is 73.3. The van der Waals surface area contributed by atoms with Crippen molar-refractivity contribution >= 4 is 99.0 Å². The molecule has 10 aromatic carbocycles. The van der Waals surface area contributed by atoms with Crippen molar-refractivity contribution in [2.75, 3.05) is 0 Å². The Hall–Kier alpha value is -10.0. The second kappa shape index (κ2) is 18.2. The quantitative estimate of drug-likeness (QED) is 0.127. The number of nitrogens with zero attached hydrogens (tertiary/aromatic N) is 7. The van der Waals surface area contributed by atoms with Gasteiger partial charge in [-0.2, -0.15) is 0 Å². The summed E-state index contributed by atoms with van der Waals surface area (Å²) in [5.74, 6) is 1.78. The van der Waals surface area contributed by atoms with Gasteiger partial charge in [-0.15, -0.1) is 0 Å². The Morgan fingerprint density at radius 3 is 1.37 bits per heavy atom. The summed E-state index contributed by atoms with van der Waals surface area (Å²) < 4.78 is 5.23. The Bertz CT molecular complexity index is 5390. The lowest BCUT2D eigenvalue weighted by molar-refractivity contribution is 0.590. The van der Waals surface area contributed by atoms with Gasteiger partial charge in [0.05, 0.1) is 11.0 Å². The normalized spacial score (nSPS) is 12.9. The molecule has 0 bridgehead atoms. The summed E-state index contributed by atoms with van der Waals surface area (Å²) in [6.07, 6.45) is 0. The van der Waals surface area contributed by atoms with Crippen LogP contribution in [0.15, 0.2) is 194 Å². The minimum Gasteiger partial charge on any atom is -0.310 e. The van der Waals surface area contributed by atoms with Gasteiger partial charge in [-0.1, -0.05) is 169 Å². The highest BCUT2D eigenvalue weighted by Gasteiger charge is 2.43. The van der Waals surface area contributed by atoms with Crippen LogP contribution in [-0.2, 0) is 10.8 Å². The zero-order valence-electron chi connectivity index (χ0n) is 50.7. The second-order valence-corrected chi connectivity index (χ2v) is 26.7. The lowest BCUT2D eigenvalue weighted by atomic mass is 9.34. The topological polar surface area (TPSA) is 74.3 Å². The average molecular weight is 1120 g/mol. The predicted molar refractivity (Wildman–Crippen MR) is 365 cm³/mol. The molecule has 2 aliphatic heterocycles. The molecule has 87 heavy (non-hydrogen) atoms. The van der Waals surface area contributed by atoms with Crippen LogP contribution in [0.5, 0.6) is 0 Å². The van der Waals surface area contributed by atoms with Crippen LogP contribution in [0, 0.1) is 27.7 Å². The predicted octanol–water partition coefficient (Wildman–Crippen LogP) is 17.6. The standard InChI is InChI=1S/C79H62BN7/c1-43-32-49(33-44(2)81-43)75-83-76(50-34-45(3)82-46(4)35-50)85-77(84-75)51-38-68-72-69(39-51)87-67-31-29-60-58-26-17-16-24-56(58)57-25-18-19-27-59(57)70(60)71(67)63-36-48(55-23-15-14-22-54(55)47-20-12-11-13-21-47)37-64(74(63)87)80(72)65-42-53(79(8,9)10)41-62-61-40-52(78(5,6)7)28-30-66(61)86(68)73(62)65/h11-42H,1-10H3. The molecular weight excluding hydrogens is 1060 g/mol. The molecule has 7 heterocycles. The van der Waals surface area contributed by atoms with Gasteiger partial charge in [0.1, 0.15) is 0 Å². The summed E-state index contributed by atoms with van der Waals surface area (Å²) in [4.78, 5) is 26.0. The molecule has 416 valence electrons. The molecule has 0 spiro atoms. The van der Waals surface area contributed by atoms with E-state index in [1.807, 2.05) is 27.7 Å². The molecule has 17 rings (SSSR count).